The molecule has 0 unspecified atom stereocenters. The molecule has 4 rings (SSSR count). The Kier molecular flexibility index (Phi) is 11.1. The molecule has 0 radical (unpaired) electrons. The van der Waals surface area contributed by atoms with E-state index in [-0.39, 0.29) is 33.2 Å². The number of rotatable bonds is 4. The van der Waals surface area contributed by atoms with E-state index < -0.39 is 110 Å². The molecule has 2 heterocycles. The number of benzene rings is 2. The predicted molar refractivity (Wildman–Crippen MR) is 139 cm³/mol. The van der Waals surface area contributed by atoms with Crippen LogP contribution in [0, 0.1) is 12.1 Å². The van der Waals surface area contributed by atoms with E-state index in [0.717, 1.165) is 38.1 Å². The molecule has 2 nitrogen and oxygen atoms in total. The van der Waals surface area contributed by atoms with Crippen molar-refractivity contribution in [1.82, 2.24) is 9.97 Å². The molecule has 21 heteroatoms. The van der Waals surface area contributed by atoms with Gasteiger partial charge in [0.2, 0.25) is 0 Å². The van der Waals surface area contributed by atoms with E-state index in [1.165, 1.54) is 0 Å². The molecule has 0 aliphatic heterocycles. The van der Waals surface area contributed by atoms with Gasteiger partial charge in [-0.05, 0) is 70.7 Å². The van der Waals surface area contributed by atoms with Gasteiger partial charge in [0, 0.05) is 16.8 Å². The first kappa shape index (κ1) is 42.6. The number of hydrogen-bond donors (Lipinski definition) is 0. The molecule has 0 spiro atoms. The van der Waals surface area contributed by atoms with Crippen molar-refractivity contribution in [3.05, 3.63) is 105 Å². The number of pyridine rings is 2. The first-order chi connectivity index (χ1) is 22.9. The Morgan fingerprint density at radius 2 is 0.712 bits per heavy atom. The minimum absolute atomic E-state index is 0. The van der Waals surface area contributed by atoms with Crippen LogP contribution < -0.4 is 0 Å². The minimum atomic E-state index is -6.20. The Balaban J connectivity index is 0.00000729. The third-order valence-electron chi connectivity index (χ3n) is 7.30. The number of hydrogen-bond acceptors (Lipinski definition) is 2. The van der Waals surface area contributed by atoms with Gasteiger partial charge in [0.1, 0.15) is 0 Å². The van der Waals surface area contributed by atoms with Crippen molar-refractivity contribution in [2.24, 2.45) is 0 Å². The first-order valence-electron chi connectivity index (χ1n) is 13.4. The topological polar surface area (TPSA) is 25.8 Å². The molecule has 2 aromatic heterocycles. The molecule has 284 valence electrons. The van der Waals surface area contributed by atoms with Crippen LogP contribution in [0.3, 0.4) is 0 Å². The third-order valence-corrected chi connectivity index (χ3v) is 7.30. The molecule has 0 N–H and O–H groups in total. The Bertz CT molecular complexity index is 1810. The number of halogens is 18. The van der Waals surface area contributed by atoms with Gasteiger partial charge in [-0.1, -0.05) is 24.3 Å². The van der Waals surface area contributed by atoms with Crippen molar-refractivity contribution in [3.8, 4) is 22.5 Å². The van der Waals surface area contributed by atoms with E-state index in [9.17, 15) is 79.0 Å². The maximum Gasteiger partial charge on any atom is 2.00 e. The third kappa shape index (κ3) is 8.36. The second-order valence-electron chi connectivity index (χ2n) is 11.1. The van der Waals surface area contributed by atoms with Gasteiger partial charge in [0.05, 0.1) is 0 Å². The van der Waals surface area contributed by atoms with Gasteiger partial charge < -0.3 is 9.97 Å². The standard InChI is InChI=1S/C31H14F18N2.Pt/c1-25(2,19-7-3-5-17(50-19)13-9-11-15(26(32,33)34)23(30(44,45)46)21(13)28(38,39)40)20-8-4-6-18(51-20)14-10-12-16(27(35,36)37)24(31(47,48)49)22(14)29(41,42)43;/h3-8,11-12H,1-2H3;/q-2;+2. The quantitative estimate of drug-likeness (QED) is 0.150. The molecule has 0 amide bonds. The van der Waals surface area contributed by atoms with Gasteiger partial charge in [0.25, 0.3) is 0 Å². The van der Waals surface area contributed by atoms with Crippen molar-refractivity contribution >= 4 is 0 Å². The van der Waals surface area contributed by atoms with Gasteiger partial charge in [0.15, 0.2) is 0 Å². The van der Waals surface area contributed by atoms with Crippen LogP contribution in [0.2, 0.25) is 0 Å². The second kappa shape index (κ2) is 13.5. The Hall–Kier alpha value is -3.83. The summed E-state index contributed by atoms with van der Waals surface area (Å²) in [7, 11) is 0. The summed E-state index contributed by atoms with van der Waals surface area (Å²) in [6.07, 6.45) is -36.3. The zero-order valence-corrected chi connectivity index (χ0v) is 27.4. The van der Waals surface area contributed by atoms with E-state index in [2.05, 4.69) is 9.97 Å². The Morgan fingerprint density at radius 1 is 0.423 bits per heavy atom. The zero-order valence-electron chi connectivity index (χ0n) is 25.1. The average Bonchev–Trinajstić information content (AvgIpc) is 2.97. The smallest absolute Gasteiger partial charge is 0.300 e. The van der Waals surface area contributed by atoms with Crippen molar-refractivity contribution in [3.63, 3.8) is 0 Å². The van der Waals surface area contributed by atoms with Crippen LogP contribution in [-0.4, -0.2) is 9.97 Å². The SMILES string of the molecule is CC(C)(c1cccc(-c2[c-]cc(C(F)(F)F)c(C(F)(F)F)c2C(F)(F)F)n1)c1cccc(-c2[c-]cc(C(F)(F)F)c(C(F)(F)F)c2C(F)(F)F)n1.[Pt+2]. The van der Waals surface area contributed by atoms with Crippen LogP contribution in [-0.2, 0) is 63.5 Å². The average molecular weight is 952 g/mol. The molecule has 52 heavy (non-hydrogen) atoms. The van der Waals surface area contributed by atoms with E-state index in [0.29, 0.717) is 12.1 Å². The summed E-state index contributed by atoms with van der Waals surface area (Å²) in [6.45, 7) is 2.30. The molecule has 0 fully saturated rings. The number of alkyl halides is 18. The molecule has 0 saturated carbocycles. The summed E-state index contributed by atoms with van der Waals surface area (Å²) in [6, 6.07) is 7.61. The van der Waals surface area contributed by atoms with Crippen LogP contribution in [0.1, 0.15) is 58.6 Å². The van der Waals surface area contributed by atoms with E-state index in [1.807, 2.05) is 0 Å². The van der Waals surface area contributed by atoms with Crippen molar-refractivity contribution in [2.45, 2.75) is 56.3 Å². The molecule has 0 atom stereocenters. The van der Waals surface area contributed by atoms with Gasteiger partial charge in [-0.2, -0.15) is 79.0 Å². The molecule has 4 aromatic rings. The van der Waals surface area contributed by atoms with Gasteiger partial charge >= 0.3 is 58.1 Å². The Morgan fingerprint density at radius 3 is 0.962 bits per heavy atom. The fourth-order valence-corrected chi connectivity index (χ4v) is 5.08. The fraction of sp³-hybridized carbons (Fsp3) is 0.290. The van der Waals surface area contributed by atoms with E-state index >= 15 is 0 Å². The summed E-state index contributed by atoms with van der Waals surface area (Å²) in [5.74, 6) is 0. The van der Waals surface area contributed by atoms with Crippen molar-refractivity contribution in [2.75, 3.05) is 0 Å². The molecule has 0 bridgehead atoms. The molecule has 2 aromatic carbocycles. The monoisotopic (exact) mass is 951 g/mol. The molecular weight excluding hydrogens is 937 g/mol. The van der Waals surface area contributed by atoms with E-state index in [4.69, 9.17) is 0 Å². The largest absolute Gasteiger partial charge is 2.00 e. The fourth-order valence-electron chi connectivity index (χ4n) is 5.08. The van der Waals surface area contributed by atoms with Gasteiger partial charge in [-0.25, -0.2) is 0 Å². The van der Waals surface area contributed by atoms with Crippen LogP contribution in [0.25, 0.3) is 22.5 Å². The predicted octanol–water partition coefficient (Wildman–Crippen LogP) is 11.8. The van der Waals surface area contributed by atoms with E-state index in [1.54, 1.807) is 12.1 Å². The zero-order chi connectivity index (χ0) is 38.9. The van der Waals surface area contributed by atoms with Crippen LogP contribution in [0.5, 0.6) is 0 Å². The molecule has 0 aliphatic carbocycles. The summed E-state index contributed by atoms with van der Waals surface area (Å²) in [5.41, 5.74) is -25.0. The number of nitrogens with zero attached hydrogens (tertiary/aromatic N) is 2. The van der Waals surface area contributed by atoms with Crippen LogP contribution in [0.15, 0.2) is 48.5 Å². The first-order valence-corrected chi connectivity index (χ1v) is 13.4. The summed E-state index contributed by atoms with van der Waals surface area (Å²) in [5, 5.41) is 0. The normalized spacial score (nSPS) is 13.6. The van der Waals surface area contributed by atoms with Crippen LogP contribution in [0.4, 0.5) is 79.0 Å². The minimum Gasteiger partial charge on any atom is -0.300 e. The summed E-state index contributed by atoms with van der Waals surface area (Å²) in [4.78, 5) is 7.69. The second-order valence-corrected chi connectivity index (χ2v) is 11.1. The maximum atomic E-state index is 14.1. The molecule has 0 aliphatic rings. The summed E-state index contributed by atoms with van der Waals surface area (Å²) >= 11 is 0. The molecule has 0 saturated heterocycles. The van der Waals surface area contributed by atoms with Crippen molar-refractivity contribution < 1.29 is 100 Å². The van der Waals surface area contributed by atoms with Gasteiger partial charge in [-0.15, -0.1) is 35.4 Å². The van der Waals surface area contributed by atoms with Crippen molar-refractivity contribution in [1.29, 1.82) is 0 Å². The van der Waals surface area contributed by atoms with Gasteiger partial charge in [-0.3, -0.25) is 0 Å². The number of aromatic nitrogens is 2. The Labute approximate surface area is 294 Å². The summed E-state index contributed by atoms with van der Waals surface area (Å²) < 4.78 is 247. The maximum absolute atomic E-state index is 14.1. The molecular formula is C31H14F18N2Pt. The van der Waals surface area contributed by atoms with Crippen LogP contribution >= 0.6 is 0 Å².